The number of rotatable bonds is 8. The first-order chi connectivity index (χ1) is 8.62. The van der Waals surface area contributed by atoms with E-state index in [4.69, 9.17) is 4.74 Å². The lowest BCUT2D eigenvalue weighted by molar-refractivity contribution is 0.0591. The molecule has 1 aliphatic rings. The molecule has 1 N–H and O–H groups in total. The Hall–Kier alpha value is -0.120. The van der Waals surface area contributed by atoms with E-state index in [0.29, 0.717) is 6.04 Å². The van der Waals surface area contributed by atoms with Gasteiger partial charge in [-0.15, -0.1) is 0 Å². The smallest absolute Gasteiger partial charge is 0.0462 e. The number of nitrogens with one attached hydrogen (secondary N) is 1. The Morgan fingerprint density at radius 2 is 1.83 bits per heavy atom. The predicted molar refractivity (Wildman–Crippen MR) is 78.1 cm³/mol. The fourth-order valence-corrected chi connectivity index (χ4v) is 3.14. The fourth-order valence-electron chi connectivity index (χ4n) is 3.14. The summed E-state index contributed by atoms with van der Waals surface area (Å²) in [4.78, 5) is 2.67. The van der Waals surface area contributed by atoms with Gasteiger partial charge in [0.15, 0.2) is 0 Å². The van der Waals surface area contributed by atoms with Gasteiger partial charge in [0.1, 0.15) is 0 Å². The lowest BCUT2D eigenvalue weighted by Gasteiger charge is -2.46. The van der Waals surface area contributed by atoms with Crippen LogP contribution >= 0.6 is 0 Å². The number of hydrogen-bond acceptors (Lipinski definition) is 3. The van der Waals surface area contributed by atoms with Crippen LogP contribution in [0, 0.1) is 0 Å². The van der Waals surface area contributed by atoms with Gasteiger partial charge in [-0.1, -0.05) is 6.42 Å². The number of unbranched alkanes of at least 4 members (excludes halogenated alkanes) is 1. The summed E-state index contributed by atoms with van der Waals surface area (Å²) in [6.45, 7) is 8.22. The second-order valence-corrected chi connectivity index (χ2v) is 6.03. The molecule has 3 heteroatoms. The quantitative estimate of drug-likeness (QED) is 0.676. The Bertz CT molecular complexity index is 213. The van der Waals surface area contributed by atoms with Crippen molar-refractivity contribution in [2.45, 2.75) is 64.0 Å². The second kappa shape index (κ2) is 8.13. The fraction of sp³-hybridized carbons (Fsp3) is 1.00. The van der Waals surface area contributed by atoms with E-state index in [1.165, 1.54) is 51.6 Å². The van der Waals surface area contributed by atoms with Gasteiger partial charge in [0.25, 0.3) is 0 Å². The number of nitrogens with zero attached hydrogens (tertiary/aromatic N) is 1. The molecule has 1 aliphatic heterocycles. The van der Waals surface area contributed by atoms with E-state index in [-0.39, 0.29) is 5.54 Å². The SMILES string of the molecule is CNC(CCCCOC)C(C)(C)N1CCCCC1. The van der Waals surface area contributed by atoms with Crippen molar-refractivity contribution in [1.82, 2.24) is 10.2 Å². The maximum atomic E-state index is 5.13. The number of hydrogen-bond donors (Lipinski definition) is 1. The molecule has 0 radical (unpaired) electrons. The maximum Gasteiger partial charge on any atom is 0.0462 e. The van der Waals surface area contributed by atoms with Gasteiger partial charge < -0.3 is 10.1 Å². The number of ether oxygens (including phenoxy) is 1. The van der Waals surface area contributed by atoms with Crippen molar-refractivity contribution in [3.63, 3.8) is 0 Å². The molecule has 1 rings (SSSR count). The minimum atomic E-state index is 0.266. The third-order valence-electron chi connectivity index (χ3n) is 4.46. The topological polar surface area (TPSA) is 24.5 Å². The Morgan fingerprint density at radius 1 is 1.17 bits per heavy atom. The molecule has 0 aliphatic carbocycles. The molecule has 1 heterocycles. The molecular formula is C15H32N2O. The molecule has 1 atom stereocenters. The minimum Gasteiger partial charge on any atom is -0.385 e. The van der Waals surface area contributed by atoms with Gasteiger partial charge in [-0.2, -0.15) is 0 Å². The van der Waals surface area contributed by atoms with Crippen molar-refractivity contribution in [2.24, 2.45) is 0 Å². The molecule has 0 aromatic carbocycles. The average molecular weight is 256 g/mol. The van der Waals surface area contributed by atoms with E-state index >= 15 is 0 Å². The van der Waals surface area contributed by atoms with Crippen molar-refractivity contribution < 1.29 is 4.74 Å². The molecular weight excluding hydrogens is 224 g/mol. The standard InChI is InChI=1S/C15H32N2O/c1-15(2,17-11-7-5-8-12-17)14(16-3)10-6-9-13-18-4/h14,16H,5-13H2,1-4H3. The van der Waals surface area contributed by atoms with Crippen LogP contribution in [0.1, 0.15) is 52.4 Å². The second-order valence-electron chi connectivity index (χ2n) is 6.03. The van der Waals surface area contributed by atoms with Crippen LogP contribution in [0.5, 0.6) is 0 Å². The van der Waals surface area contributed by atoms with Gasteiger partial charge >= 0.3 is 0 Å². The minimum absolute atomic E-state index is 0.266. The van der Waals surface area contributed by atoms with Crippen molar-refractivity contribution in [3.8, 4) is 0 Å². The van der Waals surface area contributed by atoms with E-state index in [2.05, 4.69) is 31.1 Å². The van der Waals surface area contributed by atoms with E-state index in [9.17, 15) is 0 Å². The summed E-state index contributed by atoms with van der Waals surface area (Å²) in [5.74, 6) is 0. The summed E-state index contributed by atoms with van der Waals surface area (Å²) in [7, 11) is 3.89. The number of likely N-dealkylation sites (N-methyl/N-ethyl adjacent to an activating group) is 1. The Morgan fingerprint density at radius 3 is 2.39 bits per heavy atom. The monoisotopic (exact) mass is 256 g/mol. The molecule has 0 amide bonds. The Balaban J connectivity index is 2.44. The lowest BCUT2D eigenvalue weighted by Crippen LogP contribution is -2.58. The largest absolute Gasteiger partial charge is 0.385 e. The molecule has 0 aromatic rings. The van der Waals surface area contributed by atoms with Gasteiger partial charge in [0.05, 0.1) is 0 Å². The molecule has 18 heavy (non-hydrogen) atoms. The first kappa shape index (κ1) is 15.9. The number of likely N-dealkylation sites (tertiary alicyclic amines) is 1. The molecule has 0 bridgehead atoms. The molecule has 1 saturated heterocycles. The van der Waals surface area contributed by atoms with Crippen molar-refractivity contribution >= 4 is 0 Å². The summed E-state index contributed by atoms with van der Waals surface area (Å²) in [6.07, 6.45) is 7.79. The van der Waals surface area contributed by atoms with Crippen LogP contribution in [0.25, 0.3) is 0 Å². The summed E-state index contributed by atoms with van der Waals surface area (Å²) in [5.41, 5.74) is 0.266. The predicted octanol–water partition coefficient (Wildman–Crippen LogP) is 2.66. The summed E-state index contributed by atoms with van der Waals surface area (Å²) in [6, 6.07) is 0.576. The highest BCUT2D eigenvalue weighted by atomic mass is 16.5. The molecule has 0 spiro atoms. The van der Waals surface area contributed by atoms with Crippen LogP contribution in [0.3, 0.4) is 0 Å². The third kappa shape index (κ3) is 4.52. The molecule has 3 nitrogen and oxygen atoms in total. The van der Waals surface area contributed by atoms with Crippen LogP contribution in [-0.4, -0.2) is 50.3 Å². The van der Waals surface area contributed by atoms with Gasteiger partial charge in [-0.05, 0) is 66.1 Å². The first-order valence-electron chi connectivity index (χ1n) is 7.54. The normalized spacial score (nSPS) is 20.0. The van der Waals surface area contributed by atoms with Crippen molar-refractivity contribution in [2.75, 3.05) is 33.9 Å². The summed E-state index contributed by atoms with van der Waals surface area (Å²) >= 11 is 0. The van der Waals surface area contributed by atoms with Crippen LogP contribution in [0.15, 0.2) is 0 Å². The highest BCUT2D eigenvalue weighted by Crippen LogP contribution is 2.26. The average Bonchev–Trinajstić information content (AvgIpc) is 2.39. The zero-order valence-electron chi connectivity index (χ0n) is 12.8. The van der Waals surface area contributed by atoms with E-state index < -0.39 is 0 Å². The van der Waals surface area contributed by atoms with Gasteiger partial charge in [0, 0.05) is 25.3 Å². The highest BCUT2D eigenvalue weighted by molar-refractivity contribution is 4.93. The van der Waals surface area contributed by atoms with Crippen LogP contribution in [0.2, 0.25) is 0 Å². The number of piperidine rings is 1. The zero-order valence-corrected chi connectivity index (χ0v) is 12.8. The molecule has 1 unspecified atom stereocenters. The van der Waals surface area contributed by atoms with E-state index in [0.717, 1.165) is 6.61 Å². The van der Waals surface area contributed by atoms with E-state index in [1.807, 2.05) is 0 Å². The van der Waals surface area contributed by atoms with Crippen LogP contribution in [0.4, 0.5) is 0 Å². The van der Waals surface area contributed by atoms with E-state index in [1.54, 1.807) is 7.11 Å². The van der Waals surface area contributed by atoms with Gasteiger partial charge in [-0.25, -0.2) is 0 Å². The van der Waals surface area contributed by atoms with Gasteiger partial charge in [0.2, 0.25) is 0 Å². The van der Waals surface area contributed by atoms with Crippen LogP contribution < -0.4 is 5.32 Å². The summed E-state index contributed by atoms with van der Waals surface area (Å²) in [5, 5.41) is 3.53. The first-order valence-corrected chi connectivity index (χ1v) is 7.54. The third-order valence-corrected chi connectivity index (χ3v) is 4.46. The Kier molecular flexibility index (Phi) is 7.20. The van der Waals surface area contributed by atoms with Crippen molar-refractivity contribution in [1.29, 1.82) is 0 Å². The zero-order chi connectivity index (χ0) is 13.4. The number of methoxy groups -OCH3 is 1. The maximum absolute atomic E-state index is 5.13. The lowest BCUT2D eigenvalue weighted by atomic mass is 9.87. The Labute approximate surface area is 113 Å². The molecule has 0 saturated carbocycles. The molecule has 1 fully saturated rings. The molecule has 108 valence electrons. The van der Waals surface area contributed by atoms with Crippen molar-refractivity contribution in [3.05, 3.63) is 0 Å². The highest BCUT2D eigenvalue weighted by Gasteiger charge is 2.34. The van der Waals surface area contributed by atoms with Crippen LogP contribution in [-0.2, 0) is 4.74 Å². The molecule has 0 aromatic heterocycles. The van der Waals surface area contributed by atoms with Gasteiger partial charge in [-0.3, -0.25) is 4.90 Å². The summed E-state index contributed by atoms with van der Waals surface area (Å²) < 4.78 is 5.13.